The van der Waals surface area contributed by atoms with E-state index in [9.17, 15) is 13.2 Å². The fourth-order valence-electron chi connectivity index (χ4n) is 3.40. The van der Waals surface area contributed by atoms with Gasteiger partial charge in [-0.3, -0.25) is 0 Å². The average molecular weight is 378 g/mol. The molecule has 0 radical (unpaired) electrons. The third-order valence-corrected chi connectivity index (χ3v) is 6.99. The predicted octanol–water partition coefficient (Wildman–Crippen LogP) is 2.86. The molecular weight excluding hydrogens is 350 g/mol. The summed E-state index contributed by atoms with van der Waals surface area (Å²) >= 11 is 0. The van der Waals surface area contributed by atoms with Gasteiger partial charge in [0, 0.05) is 32.4 Å². The van der Waals surface area contributed by atoms with Gasteiger partial charge >= 0.3 is 6.03 Å². The molecule has 3 rings (SSSR count). The number of piperazine rings is 1. The second-order valence-corrected chi connectivity index (χ2v) is 8.95. The van der Waals surface area contributed by atoms with Crippen LogP contribution < -0.4 is 5.32 Å². The average Bonchev–Trinajstić information content (AvgIpc) is 2.67. The molecule has 1 N–H and O–H groups in total. The minimum atomic E-state index is -3.49. The topological polar surface area (TPSA) is 69.7 Å². The molecule has 1 saturated carbocycles. The summed E-state index contributed by atoms with van der Waals surface area (Å²) < 4.78 is 26.9. The van der Waals surface area contributed by atoms with Crippen molar-refractivity contribution in [2.24, 2.45) is 0 Å². The van der Waals surface area contributed by atoms with E-state index in [1.165, 1.54) is 29.1 Å². The van der Waals surface area contributed by atoms with E-state index in [2.05, 4.69) is 5.32 Å². The first-order valence-corrected chi connectivity index (χ1v) is 10.7. The maximum absolute atomic E-state index is 12.7. The Labute approximate surface area is 155 Å². The molecule has 2 aliphatic rings. The molecule has 0 atom stereocenters. The van der Waals surface area contributed by atoms with Crippen molar-refractivity contribution in [2.45, 2.75) is 43.9 Å². The highest BCUT2D eigenvalue weighted by Crippen LogP contribution is 2.22. The van der Waals surface area contributed by atoms with Gasteiger partial charge < -0.3 is 10.2 Å². The molecule has 0 spiro atoms. The number of amides is 2. The Morgan fingerprint density at radius 1 is 1.00 bits per heavy atom. The number of carbonyl (C=O) groups is 1. The number of hydrogen-bond donors (Lipinski definition) is 1. The van der Waals surface area contributed by atoms with Crippen molar-refractivity contribution in [1.82, 2.24) is 14.5 Å². The van der Waals surface area contributed by atoms with Crippen molar-refractivity contribution in [2.75, 3.05) is 26.2 Å². The van der Waals surface area contributed by atoms with Crippen LogP contribution in [0.3, 0.4) is 0 Å². The van der Waals surface area contributed by atoms with Crippen LogP contribution in [-0.2, 0) is 10.0 Å². The van der Waals surface area contributed by atoms with Crippen molar-refractivity contribution in [3.8, 4) is 0 Å². The number of benzene rings is 1. The Morgan fingerprint density at radius 3 is 2.23 bits per heavy atom. The first-order chi connectivity index (χ1) is 12.5. The number of hydrogen-bond acceptors (Lipinski definition) is 3. The molecule has 6 nitrogen and oxygen atoms in total. The molecule has 2 fully saturated rings. The van der Waals surface area contributed by atoms with Gasteiger partial charge in [0.05, 0.1) is 4.90 Å². The molecule has 7 heteroatoms. The number of nitrogens with zero attached hydrogens (tertiary/aromatic N) is 2. The van der Waals surface area contributed by atoms with Crippen LogP contribution in [0, 0.1) is 6.92 Å². The minimum Gasteiger partial charge on any atom is -0.322 e. The van der Waals surface area contributed by atoms with Crippen molar-refractivity contribution in [3.05, 3.63) is 41.6 Å². The Balaban J connectivity index is 1.55. The Hall–Kier alpha value is -1.86. The number of aryl methyl sites for hydroxylation is 1. The molecular formula is C19H27N3O3S. The van der Waals surface area contributed by atoms with Gasteiger partial charge in [-0.05, 0) is 44.7 Å². The standard InChI is InChI=1S/C19H27N3O3S/c1-16-7-9-18(10-8-16)26(24,25)22-13-11-21(12-14-22)19(23)20-15-17-5-3-2-4-6-17/h7-10,15H,2-6,11-14H2,1H3,(H,20,23). The summed E-state index contributed by atoms with van der Waals surface area (Å²) in [7, 11) is -3.49. The fourth-order valence-corrected chi connectivity index (χ4v) is 4.82. The third kappa shape index (κ3) is 4.45. The number of urea groups is 1. The van der Waals surface area contributed by atoms with Gasteiger partial charge in [-0.15, -0.1) is 0 Å². The summed E-state index contributed by atoms with van der Waals surface area (Å²) in [6.45, 7) is 3.37. The third-order valence-electron chi connectivity index (χ3n) is 5.08. The summed E-state index contributed by atoms with van der Waals surface area (Å²) in [5.74, 6) is 0. The van der Waals surface area contributed by atoms with Crippen molar-refractivity contribution < 1.29 is 13.2 Å². The van der Waals surface area contributed by atoms with Gasteiger partial charge in [-0.2, -0.15) is 4.31 Å². The Kier molecular flexibility index (Phi) is 5.98. The lowest BCUT2D eigenvalue weighted by Gasteiger charge is -2.33. The van der Waals surface area contributed by atoms with Gasteiger partial charge in [-0.1, -0.05) is 29.7 Å². The fraction of sp³-hybridized carbons (Fsp3) is 0.526. The van der Waals surface area contributed by atoms with E-state index >= 15 is 0 Å². The van der Waals surface area contributed by atoms with Crippen LogP contribution in [0.4, 0.5) is 4.79 Å². The largest absolute Gasteiger partial charge is 0.322 e. The van der Waals surface area contributed by atoms with Crippen LogP contribution in [0.25, 0.3) is 0 Å². The molecule has 2 amide bonds. The van der Waals surface area contributed by atoms with Crippen LogP contribution in [0.15, 0.2) is 40.9 Å². The highest BCUT2D eigenvalue weighted by molar-refractivity contribution is 7.89. The smallest absolute Gasteiger partial charge is 0.321 e. The second kappa shape index (κ2) is 8.22. The number of sulfonamides is 1. The summed E-state index contributed by atoms with van der Waals surface area (Å²) in [6.07, 6.45) is 7.61. The number of rotatable bonds is 3. The van der Waals surface area contributed by atoms with Gasteiger partial charge in [0.1, 0.15) is 0 Å². The zero-order valence-electron chi connectivity index (χ0n) is 15.3. The molecule has 142 valence electrons. The summed E-state index contributed by atoms with van der Waals surface area (Å²) in [6, 6.07) is 6.74. The molecule has 1 aliphatic heterocycles. The van der Waals surface area contributed by atoms with Crippen molar-refractivity contribution >= 4 is 16.1 Å². The lowest BCUT2D eigenvalue weighted by Crippen LogP contribution is -2.52. The lowest BCUT2D eigenvalue weighted by molar-refractivity contribution is 0.175. The normalized spacial score (nSPS) is 19.3. The molecule has 1 aliphatic carbocycles. The van der Waals surface area contributed by atoms with E-state index in [0.29, 0.717) is 31.1 Å². The molecule has 1 heterocycles. The Bertz CT molecular complexity index is 756. The monoisotopic (exact) mass is 377 g/mol. The van der Waals surface area contributed by atoms with E-state index in [0.717, 1.165) is 18.4 Å². The van der Waals surface area contributed by atoms with Crippen LogP contribution in [0.2, 0.25) is 0 Å². The van der Waals surface area contributed by atoms with Crippen LogP contribution in [-0.4, -0.2) is 49.8 Å². The maximum atomic E-state index is 12.7. The number of allylic oxidation sites excluding steroid dienone is 1. The second-order valence-electron chi connectivity index (χ2n) is 7.02. The molecule has 0 aromatic heterocycles. The van der Waals surface area contributed by atoms with Crippen molar-refractivity contribution in [3.63, 3.8) is 0 Å². The van der Waals surface area contributed by atoms with Crippen molar-refractivity contribution in [1.29, 1.82) is 0 Å². The number of carbonyl (C=O) groups excluding carboxylic acids is 1. The minimum absolute atomic E-state index is 0.143. The van der Waals surface area contributed by atoms with Gasteiger partial charge in [-0.25, -0.2) is 13.2 Å². The first-order valence-electron chi connectivity index (χ1n) is 9.27. The Morgan fingerprint density at radius 2 is 1.62 bits per heavy atom. The van der Waals surface area contributed by atoms with E-state index < -0.39 is 10.0 Å². The molecule has 1 saturated heterocycles. The van der Waals surface area contributed by atoms with Crippen LogP contribution in [0.5, 0.6) is 0 Å². The SMILES string of the molecule is Cc1ccc(S(=O)(=O)N2CCN(C(=O)NC=C3CCCCC3)CC2)cc1. The van der Waals surface area contributed by atoms with Gasteiger partial charge in [0.15, 0.2) is 0 Å². The lowest BCUT2D eigenvalue weighted by atomic mass is 9.96. The van der Waals surface area contributed by atoms with E-state index in [-0.39, 0.29) is 6.03 Å². The van der Waals surface area contributed by atoms with Gasteiger partial charge in [0.25, 0.3) is 0 Å². The quantitative estimate of drug-likeness (QED) is 0.881. The summed E-state index contributed by atoms with van der Waals surface area (Å²) in [5, 5.41) is 2.87. The zero-order valence-corrected chi connectivity index (χ0v) is 16.1. The highest BCUT2D eigenvalue weighted by Gasteiger charge is 2.29. The highest BCUT2D eigenvalue weighted by atomic mass is 32.2. The zero-order chi connectivity index (χ0) is 18.6. The molecule has 0 bridgehead atoms. The molecule has 1 aromatic carbocycles. The molecule has 1 aromatic rings. The van der Waals surface area contributed by atoms with E-state index in [1.807, 2.05) is 13.1 Å². The van der Waals surface area contributed by atoms with Crippen LogP contribution in [0.1, 0.15) is 37.7 Å². The summed E-state index contributed by atoms with van der Waals surface area (Å²) in [4.78, 5) is 14.3. The molecule has 0 unspecified atom stereocenters. The first kappa shape index (κ1) is 18.9. The molecule has 26 heavy (non-hydrogen) atoms. The van der Waals surface area contributed by atoms with Crippen LogP contribution >= 0.6 is 0 Å². The summed E-state index contributed by atoms with van der Waals surface area (Å²) in [5.41, 5.74) is 2.32. The van der Waals surface area contributed by atoms with E-state index in [4.69, 9.17) is 0 Å². The predicted molar refractivity (Wildman–Crippen MR) is 101 cm³/mol. The number of nitrogens with one attached hydrogen (secondary N) is 1. The maximum Gasteiger partial charge on any atom is 0.321 e. The van der Waals surface area contributed by atoms with E-state index in [1.54, 1.807) is 29.2 Å². The van der Waals surface area contributed by atoms with Gasteiger partial charge in [0.2, 0.25) is 10.0 Å².